The molecular weight excluding hydrogens is 264 g/mol. The maximum absolute atomic E-state index is 12.7. The predicted octanol–water partition coefficient (Wildman–Crippen LogP) is 3.12. The van der Waals surface area contributed by atoms with Crippen LogP contribution in [0.1, 0.15) is 34.5 Å². The van der Waals surface area contributed by atoms with E-state index in [1.165, 1.54) is 0 Å². The Labute approximate surface area is 124 Å². The van der Waals surface area contributed by atoms with Crippen LogP contribution in [0.3, 0.4) is 0 Å². The van der Waals surface area contributed by atoms with Gasteiger partial charge in [-0.25, -0.2) is 0 Å². The summed E-state index contributed by atoms with van der Waals surface area (Å²) < 4.78 is 0. The molecule has 21 heavy (non-hydrogen) atoms. The number of anilines is 1. The molecule has 1 amide bonds. The Morgan fingerprint density at radius 3 is 2.48 bits per heavy atom. The Balaban J connectivity index is 2.34. The van der Waals surface area contributed by atoms with Crippen LogP contribution in [0, 0.1) is 6.92 Å². The summed E-state index contributed by atoms with van der Waals surface area (Å²) in [5.41, 5.74) is 8.47. The number of nitrogens with two attached hydrogens (primary N) is 1. The first-order chi connectivity index (χ1) is 9.93. The van der Waals surface area contributed by atoms with Gasteiger partial charge in [-0.15, -0.1) is 0 Å². The Morgan fingerprint density at radius 2 is 1.86 bits per heavy atom. The van der Waals surface area contributed by atoms with Crippen molar-refractivity contribution in [1.29, 1.82) is 0 Å². The van der Waals surface area contributed by atoms with Crippen LogP contribution in [0.15, 0.2) is 42.5 Å². The third-order valence-corrected chi connectivity index (χ3v) is 3.81. The summed E-state index contributed by atoms with van der Waals surface area (Å²) in [7, 11) is 1.71. The van der Waals surface area contributed by atoms with Gasteiger partial charge in [0.05, 0.1) is 11.6 Å². The summed E-state index contributed by atoms with van der Waals surface area (Å²) >= 11 is 0. The lowest BCUT2D eigenvalue weighted by Gasteiger charge is -2.27. The van der Waals surface area contributed by atoms with Gasteiger partial charge in [-0.2, -0.15) is 0 Å². The summed E-state index contributed by atoms with van der Waals surface area (Å²) in [5.74, 6) is 0.0313. The number of amides is 1. The molecule has 2 aromatic carbocycles. The first-order valence-corrected chi connectivity index (χ1v) is 6.83. The molecule has 0 aliphatic heterocycles. The Bertz CT molecular complexity index is 647. The number of aryl methyl sites for hydroxylation is 1. The molecule has 110 valence electrons. The largest absolute Gasteiger partial charge is 0.508 e. The lowest BCUT2D eigenvalue weighted by Crippen LogP contribution is -2.30. The van der Waals surface area contributed by atoms with E-state index in [4.69, 9.17) is 5.73 Å². The number of aromatic hydroxyl groups is 1. The standard InChI is InChI=1S/C17H20N2O2/c1-11-7-6-9-14(18)16(11)17(21)19(3)12(2)13-8-4-5-10-15(13)20/h4-10,12,20H,18H2,1-3H3. The van der Waals surface area contributed by atoms with Gasteiger partial charge in [0.2, 0.25) is 0 Å². The number of nitrogen functional groups attached to an aromatic ring is 1. The Kier molecular flexibility index (Phi) is 4.17. The van der Waals surface area contributed by atoms with Crippen LogP contribution in [0.5, 0.6) is 5.75 Å². The number of para-hydroxylation sites is 1. The van der Waals surface area contributed by atoms with Crippen molar-refractivity contribution in [2.24, 2.45) is 0 Å². The van der Waals surface area contributed by atoms with E-state index in [9.17, 15) is 9.90 Å². The molecule has 0 heterocycles. The normalized spacial score (nSPS) is 12.0. The molecule has 0 aromatic heterocycles. The van der Waals surface area contributed by atoms with Crippen molar-refractivity contribution in [2.75, 3.05) is 12.8 Å². The zero-order chi connectivity index (χ0) is 15.6. The Morgan fingerprint density at radius 1 is 1.19 bits per heavy atom. The summed E-state index contributed by atoms with van der Waals surface area (Å²) in [6, 6.07) is 12.2. The summed E-state index contributed by atoms with van der Waals surface area (Å²) in [5, 5.41) is 9.93. The van der Waals surface area contributed by atoms with Gasteiger partial charge in [0, 0.05) is 18.3 Å². The van der Waals surface area contributed by atoms with Crippen molar-refractivity contribution in [3.05, 3.63) is 59.2 Å². The number of rotatable bonds is 3. The van der Waals surface area contributed by atoms with Crippen molar-refractivity contribution in [3.8, 4) is 5.75 Å². The van der Waals surface area contributed by atoms with Crippen LogP contribution < -0.4 is 5.73 Å². The highest BCUT2D eigenvalue weighted by Gasteiger charge is 2.23. The molecule has 0 aliphatic rings. The molecule has 0 fully saturated rings. The van der Waals surface area contributed by atoms with Crippen molar-refractivity contribution < 1.29 is 9.90 Å². The molecule has 0 saturated carbocycles. The van der Waals surface area contributed by atoms with E-state index in [0.29, 0.717) is 16.8 Å². The van der Waals surface area contributed by atoms with Gasteiger partial charge < -0.3 is 15.7 Å². The molecule has 3 N–H and O–H groups in total. The van der Waals surface area contributed by atoms with E-state index in [1.54, 1.807) is 30.1 Å². The fourth-order valence-electron chi connectivity index (χ4n) is 2.38. The number of nitrogens with zero attached hydrogens (tertiary/aromatic N) is 1. The first-order valence-electron chi connectivity index (χ1n) is 6.83. The van der Waals surface area contributed by atoms with Crippen LogP contribution in [0.4, 0.5) is 5.69 Å². The zero-order valence-corrected chi connectivity index (χ0v) is 12.5. The molecule has 4 nitrogen and oxygen atoms in total. The van der Waals surface area contributed by atoms with Crippen LogP contribution in [0.2, 0.25) is 0 Å². The van der Waals surface area contributed by atoms with Gasteiger partial charge in [0.1, 0.15) is 5.75 Å². The second-order valence-electron chi connectivity index (χ2n) is 5.19. The quantitative estimate of drug-likeness (QED) is 0.851. The number of carbonyl (C=O) groups excluding carboxylic acids is 1. The lowest BCUT2D eigenvalue weighted by atomic mass is 10.0. The van der Waals surface area contributed by atoms with Gasteiger partial charge in [-0.3, -0.25) is 4.79 Å². The molecule has 1 atom stereocenters. The molecule has 2 aromatic rings. The van der Waals surface area contributed by atoms with Gasteiger partial charge in [0.15, 0.2) is 0 Å². The van der Waals surface area contributed by atoms with Gasteiger partial charge in [-0.05, 0) is 31.5 Å². The number of phenolic OH excluding ortho intramolecular Hbond substituents is 1. The fraction of sp³-hybridized carbons (Fsp3) is 0.235. The minimum Gasteiger partial charge on any atom is -0.508 e. The second-order valence-corrected chi connectivity index (χ2v) is 5.19. The molecule has 0 radical (unpaired) electrons. The summed E-state index contributed by atoms with van der Waals surface area (Å²) in [4.78, 5) is 14.3. The minimum absolute atomic E-state index is 0.152. The highest BCUT2D eigenvalue weighted by Crippen LogP contribution is 2.29. The molecule has 4 heteroatoms. The van der Waals surface area contributed by atoms with Crippen molar-refractivity contribution in [3.63, 3.8) is 0 Å². The number of benzene rings is 2. The monoisotopic (exact) mass is 284 g/mol. The molecule has 0 bridgehead atoms. The highest BCUT2D eigenvalue weighted by atomic mass is 16.3. The highest BCUT2D eigenvalue weighted by molar-refractivity contribution is 6.00. The van der Waals surface area contributed by atoms with Crippen LogP contribution >= 0.6 is 0 Å². The number of hydrogen-bond donors (Lipinski definition) is 2. The Hall–Kier alpha value is -2.49. The average Bonchev–Trinajstić information content (AvgIpc) is 2.46. The second kappa shape index (κ2) is 5.87. The number of phenols is 1. The summed E-state index contributed by atoms with van der Waals surface area (Å²) in [6.07, 6.45) is 0. The molecule has 1 unspecified atom stereocenters. The first kappa shape index (κ1) is 14.9. The topological polar surface area (TPSA) is 66.6 Å². The number of hydrogen-bond acceptors (Lipinski definition) is 3. The van der Waals surface area contributed by atoms with E-state index >= 15 is 0 Å². The van der Waals surface area contributed by atoms with E-state index in [0.717, 1.165) is 5.56 Å². The van der Waals surface area contributed by atoms with Crippen molar-refractivity contribution in [1.82, 2.24) is 4.90 Å². The lowest BCUT2D eigenvalue weighted by molar-refractivity contribution is 0.0741. The maximum Gasteiger partial charge on any atom is 0.256 e. The number of carbonyl (C=O) groups is 1. The van der Waals surface area contributed by atoms with Gasteiger partial charge in [0.25, 0.3) is 5.91 Å². The van der Waals surface area contributed by atoms with E-state index in [2.05, 4.69) is 0 Å². The maximum atomic E-state index is 12.7. The van der Waals surface area contributed by atoms with Crippen LogP contribution in [0.25, 0.3) is 0 Å². The van der Waals surface area contributed by atoms with Crippen LogP contribution in [-0.2, 0) is 0 Å². The van der Waals surface area contributed by atoms with Gasteiger partial charge >= 0.3 is 0 Å². The SMILES string of the molecule is Cc1cccc(N)c1C(=O)N(C)C(C)c1ccccc1O. The van der Waals surface area contributed by atoms with Gasteiger partial charge in [-0.1, -0.05) is 30.3 Å². The fourth-order valence-corrected chi connectivity index (χ4v) is 2.38. The van der Waals surface area contributed by atoms with Crippen LogP contribution in [-0.4, -0.2) is 23.0 Å². The van der Waals surface area contributed by atoms with E-state index in [1.807, 2.05) is 38.1 Å². The molecule has 0 spiro atoms. The molecule has 2 rings (SSSR count). The minimum atomic E-state index is -0.252. The summed E-state index contributed by atoms with van der Waals surface area (Å²) in [6.45, 7) is 3.74. The van der Waals surface area contributed by atoms with E-state index in [-0.39, 0.29) is 17.7 Å². The third kappa shape index (κ3) is 2.84. The predicted molar refractivity (Wildman–Crippen MR) is 84.2 cm³/mol. The zero-order valence-electron chi connectivity index (χ0n) is 12.5. The smallest absolute Gasteiger partial charge is 0.256 e. The van der Waals surface area contributed by atoms with Crippen molar-refractivity contribution in [2.45, 2.75) is 19.9 Å². The van der Waals surface area contributed by atoms with Crippen molar-refractivity contribution >= 4 is 11.6 Å². The molecule has 0 saturated heterocycles. The van der Waals surface area contributed by atoms with E-state index < -0.39 is 0 Å². The average molecular weight is 284 g/mol. The third-order valence-electron chi connectivity index (χ3n) is 3.81. The molecular formula is C17H20N2O2. The molecule has 0 aliphatic carbocycles.